The summed E-state index contributed by atoms with van der Waals surface area (Å²) < 4.78 is 19.4. The highest BCUT2D eigenvalue weighted by Gasteiger charge is 2.23. The number of hydrogen-bond acceptors (Lipinski definition) is 3. The van der Waals surface area contributed by atoms with Crippen LogP contribution < -0.4 is 11.1 Å². The number of carbonyl (C=O) groups is 1. The molecule has 0 spiro atoms. The van der Waals surface area contributed by atoms with Gasteiger partial charge >= 0.3 is 6.09 Å². The Balaban J connectivity index is 2.75. The van der Waals surface area contributed by atoms with E-state index in [2.05, 4.69) is 21.2 Å². The molecule has 20 heavy (non-hydrogen) atoms. The average Bonchev–Trinajstić information content (AvgIpc) is 2.29. The van der Waals surface area contributed by atoms with Crippen molar-refractivity contribution in [2.45, 2.75) is 45.4 Å². The number of nitrogens with one attached hydrogen (secondary N) is 1. The van der Waals surface area contributed by atoms with Crippen molar-refractivity contribution in [2.24, 2.45) is 5.73 Å². The number of benzene rings is 1. The summed E-state index contributed by atoms with van der Waals surface area (Å²) in [5.74, 6) is -0.419. The van der Waals surface area contributed by atoms with Crippen LogP contribution in [-0.4, -0.2) is 17.7 Å². The number of carbonyl (C=O) groups excluding carboxylic acids is 1. The van der Waals surface area contributed by atoms with Crippen LogP contribution in [0.3, 0.4) is 0 Å². The molecule has 2 unspecified atom stereocenters. The fourth-order valence-electron chi connectivity index (χ4n) is 1.63. The van der Waals surface area contributed by atoms with Crippen molar-refractivity contribution in [1.82, 2.24) is 5.32 Å². The molecule has 0 fully saturated rings. The fourth-order valence-corrected chi connectivity index (χ4v) is 2.01. The van der Waals surface area contributed by atoms with Crippen molar-refractivity contribution in [2.75, 3.05) is 0 Å². The van der Waals surface area contributed by atoms with E-state index in [1.807, 2.05) is 0 Å². The first kappa shape index (κ1) is 16.9. The first-order valence-electron chi connectivity index (χ1n) is 6.31. The van der Waals surface area contributed by atoms with Crippen molar-refractivity contribution < 1.29 is 13.9 Å². The Morgan fingerprint density at radius 1 is 1.45 bits per heavy atom. The lowest BCUT2D eigenvalue weighted by Gasteiger charge is -2.25. The van der Waals surface area contributed by atoms with Gasteiger partial charge in [-0.3, -0.25) is 0 Å². The number of halogens is 2. The third kappa shape index (κ3) is 4.76. The molecular weight excluding hydrogens is 327 g/mol. The Kier molecular flexibility index (Phi) is 5.53. The molecule has 0 aliphatic heterocycles. The molecule has 3 N–H and O–H groups in total. The van der Waals surface area contributed by atoms with Gasteiger partial charge in [0, 0.05) is 11.6 Å². The van der Waals surface area contributed by atoms with Gasteiger partial charge < -0.3 is 15.8 Å². The highest BCUT2D eigenvalue weighted by molar-refractivity contribution is 9.10. The molecule has 0 saturated carbocycles. The molecule has 0 saturated heterocycles. The van der Waals surface area contributed by atoms with Crippen LogP contribution in [0.25, 0.3) is 0 Å². The van der Waals surface area contributed by atoms with Gasteiger partial charge in [-0.1, -0.05) is 12.1 Å². The summed E-state index contributed by atoms with van der Waals surface area (Å²) in [6.45, 7) is 7.01. The lowest BCUT2D eigenvalue weighted by Crippen LogP contribution is -2.43. The summed E-state index contributed by atoms with van der Waals surface area (Å²) in [4.78, 5) is 11.7. The normalized spacial score (nSPS) is 14.6. The van der Waals surface area contributed by atoms with Gasteiger partial charge in [-0.15, -0.1) is 0 Å². The minimum atomic E-state index is -0.667. The molecule has 1 amide bonds. The summed E-state index contributed by atoms with van der Waals surface area (Å²) >= 11 is 3.11. The number of alkyl carbamates (subject to hydrolysis) is 1. The second-order valence-corrected chi connectivity index (χ2v) is 6.46. The minimum Gasteiger partial charge on any atom is -0.444 e. The van der Waals surface area contributed by atoms with Crippen LogP contribution in [0.15, 0.2) is 22.7 Å². The zero-order chi connectivity index (χ0) is 15.5. The quantitative estimate of drug-likeness (QED) is 0.880. The maximum absolute atomic E-state index is 14.0. The Bertz CT molecular complexity index is 489. The molecule has 0 aliphatic rings. The Morgan fingerprint density at radius 2 is 2.05 bits per heavy atom. The molecular formula is C14H20BrFN2O2. The highest BCUT2D eigenvalue weighted by Crippen LogP contribution is 2.24. The van der Waals surface area contributed by atoms with Crippen LogP contribution in [0.2, 0.25) is 0 Å². The van der Waals surface area contributed by atoms with Crippen LogP contribution >= 0.6 is 15.9 Å². The van der Waals surface area contributed by atoms with Crippen molar-refractivity contribution in [3.8, 4) is 0 Å². The Hall–Kier alpha value is -1.14. The predicted octanol–water partition coefficient (Wildman–Crippen LogP) is 3.50. The van der Waals surface area contributed by atoms with E-state index in [9.17, 15) is 9.18 Å². The molecule has 4 nitrogen and oxygen atoms in total. The fraction of sp³-hybridized carbons (Fsp3) is 0.500. The molecule has 0 radical (unpaired) electrons. The van der Waals surface area contributed by atoms with Crippen molar-refractivity contribution in [3.05, 3.63) is 34.1 Å². The van der Waals surface area contributed by atoms with Crippen LogP contribution in [-0.2, 0) is 4.74 Å². The van der Waals surface area contributed by atoms with E-state index in [4.69, 9.17) is 10.5 Å². The predicted molar refractivity (Wildman–Crippen MR) is 79.9 cm³/mol. The third-order valence-corrected chi connectivity index (χ3v) is 3.24. The smallest absolute Gasteiger partial charge is 0.407 e. The molecule has 1 rings (SSSR count). The van der Waals surface area contributed by atoms with E-state index in [-0.39, 0.29) is 0 Å². The van der Waals surface area contributed by atoms with Gasteiger partial charge in [0.05, 0.1) is 10.5 Å². The number of nitrogens with two attached hydrogens (primary N) is 1. The minimum absolute atomic E-state index is 0.336. The first-order valence-corrected chi connectivity index (χ1v) is 7.10. The lowest BCUT2D eigenvalue weighted by molar-refractivity contribution is 0.0501. The molecule has 1 aromatic rings. The molecule has 2 atom stereocenters. The summed E-state index contributed by atoms with van der Waals surface area (Å²) in [5, 5.41) is 2.61. The maximum atomic E-state index is 14.0. The number of amides is 1. The van der Waals surface area contributed by atoms with Gasteiger partial charge in [0.15, 0.2) is 0 Å². The topological polar surface area (TPSA) is 64.3 Å². The number of rotatable bonds is 3. The second kappa shape index (κ2) is 6.54. The van der Waals surface area contributed by atoms with Gasteiger partial charge in [-0.05, 0) is 49.7 Å². The molecule has 1 aromatic carbocycles. The third-order valence-electron chi connectivity index (χ3n) is 2.62. The van der Waals surface area contributed by atoms with E-state index in [1.165, 1.54) is 0 Å². The van der Waals surface area contributed by atoms with Crippen LogP contribution in [0.1, 0.15) is 39.3 Å². The molecule has 0 heterocycles. The van der Waals surface area contributed by atoms with Crippen molar-refractivity contribution >= 4 is 22.0 Å². The summed E-state index contributed by atoms with van der Waals surface area (Å²) in [6, 6.07) is 3.76. The van der Waals surface area contributed by atoms with E-state index >= 15 is 0 Å². The van der Waals surface area contributed by atoms with Crippen LogP contribution in [0.4, 0.5) is 9.18 Å². The van der Waals surface area contributed by atoms with Crippen LogP contribution in [0.5, 0.6) is 0 Å². The zero-order valence-electron chi connectivity index (χ0n) is 12.0. The molecule has 112 valence electrons. The molecule has 6 heteroatoms. The van der Waals surface area contributed by atoms with E-state index in [0.29, 0.717) is 10.0 Å². The molecule has 0 aliphatic carbocycles. The summed E-state index contributed by atoms with van der Waals surface area (Å²) in [6.07, 6.45) is -0.573. The van der Waals surface area contributed by atoms with Gasteiger partial charge in [-0.2, -0.15) is 0 Å². The number of hydrogen-bond donors (Lipinski definition) is 2. The Labute approximate surface area is 127 Å². The monoisotopic (exact) mass is 346 g/mol. The maximum Gasteiger partial charge on any atom is 0.407 e. The van der Waals surface area contributed by atoms with Crippen molar-refractivity contribution in [1.29, 1.82) is 0 Å². The van der Waals surface area contributed by atoms with Gasteiger partial charge in [-0.25, -0.2) is 9.18 Å². The second-order valence-electron chi connectivity index (χ2n) is 5.60. The van der Waals surface area contributed by atoms with E-state index in [0.717, 1.165) is 0 Å². The van der Waals surface area contributed by atoms with E-state index < -0.39 is 29.6 Å². The zero-order valence-corrected chi connectivity index (χ0v) is 13.6. The molecule has 0 bridgehead atoms. The van der Waals surface area contributed by atoms with Crippen molar-refractivity contribution in [3.63, 3.8) is 0 Å². The SMILES string of the molecule is CC(NC(=O)OC(C)(C)C)C(N)c1cccc(Br)c1F. The van der Waals surface area contributed by atoms with Gasteiger partial charge in [0.1, 0.15) is 11.4 Å². The van der Waals surface area contributed by atoms with Gasteiger partial charge in [0.25, 0.3) is 0 Å². The number of ether oxygens (including phenoxy) is 1. The van der Waals surface area contributed by atoms with E-state index in [1.54, 1.807) is 45.9 Å². The Morgan fingerprint density at radius 3 is 2.60 bits per heavy atom. The largest absolute Gasteiger partial charge is 0.444 e. The summed E-state index contributed by atoms with van der Waals surface area (Å²) in [7, 11) is 0. The summed E-state index contributed by atoms with van der Waals surface area (Å²) in [5.41, 5.74) is 5.74. The van der Waals surface area contributed by atoms with Crippen LogP contribution in [0, 0.1) is 5.82 Å². The van der Waals surface area contributed by atoms with Gasteiger partial charge in [0.2, 0.25) is 0 Å². The standard InChI is InChI=1S/C14H20BrFN2O2/c1-8(18-13(19)20-14(2,3)4)12(17)9-6-5-7-10(15)11(9)16/h5-8,12H,17H2,1-4H3,(H,18,19). The lowest BCUT2D eigenvalue weighted by atomic mass is 10.0. The molecule has 0 aromatic heterocycles. The highest BCUT2D eigenvalue weighted by atomic mass is 79.9. The first-order chi connectivity index (χ1) is 9.11. The average molecular weight is 347 g/mol.